The van der Waals surface area contributed by atoms with E-state index in [-0.39, 0.29) is 28.5 Å². The number of anilines is 1. The summed E-state index contributed by atoms with van der Waals surface area (Å²) in [7, 11) is 0. The number of nitrogens with one attached hydrogen (secondary N) is 2. The highest BCUT2D eigenvalue weighted by atomic mass is 32.2. The molecule has 0 saturated carbocycles. The fourth-order valence-corrected chi connectivity index (χ4v) is 6.22. The average Bonchev–Trinajstić information content (AvgIpc) is 3.22. The number of nitrogens with two attached hydrogens (primary N) is 1. The van der Waals surface area contributed by atoms with Crippen molar-refractivity contribution in [1.29, 1.82) is 0 Å². The molecule has 3 rings (SSSR count). The van der Waals surface area contributed by atoms with Gasteiger partial charge in [0.25, 0.3) is 11.5 Å². The summed E-state index contributed by atoms with van der Waals surface area (Å²) in [6.07, 6.45) is 0. The van der Waals surface area contributed by atoms with E-state index in [4.69, 9.17) is 5.73 Å². The van der Waals surface area contributed by atoms with Gasteiger partial charge in [-0.05, 0) is 5.92 Å². The number of hydrogen-bond acceptors (Lipinski definition) is 10. The van der Waals surface area contributed by atoms with Gasteiger partial charge >= 0.3 is 0 Å². The van der Waals surface area contributed by atoms with Crippen LogP contribution in [0.25, 0.3) is 10.2 Å². The topological polar surface area (TPSA) is 151 Å². The summed E-state index contributed by atoms with van der Waals surface area (Å²) in [4.78, 5) is 38.2. The molecule has 0 spiro atoms. The predicted octanol–water partition coefficient (Wildman–Crippen LogP) is 2.72. The van der Waals surface area contributed by atoms with Gasteiger partial charge in [-0.15, -0.1) is 33.3 Å². The molecular weight excluding hydrogens is 454 g/mol. The van der Waals surface area contributed by atoms with Gasteiger partial charge in [-0.1, -0.05) is 36.9 Å². The van der Waals surface area contributed by atoms with Gasteiger partial charge < -0.3 is 15.8 Å². The molecule has 0 radical (unpaired) electrons. The maximum absolute atomic E-state index is 12.3. The number of rotatable bonds is 8. The van der Waals surface area contributed by atoms with Crippen LogP contribution in [0.5, 0.6) is 5.75 Å². The van der Waals surface area contributed by atoms with Crippen molar-refractivity contribution in [1.82, 2.24) is 15.2 Å². The maximum atomic E-state index is 12.3. The van der Waals surface area contributed by atoms with Crippen LogP contribution in [0, 0.1) is 5.92 Å². The Morgan fingerprint density at radius 3 is 2.76 bits per heavy atom. The van der Waals surface area contributed by atoms with Crippen LogP contribution in [-0.2, 0) is 4.79 Å². The van der Waals surface area contributed by atoms with Crippen molar-refractivity contribution in [2.75, 3.05) is 16.8 Å². The van der Waals surface area contributed by atoms with Crippen LogP contribution in [0.4, 0.5) is 5.13 Å². The van der Waals surface area contributed by atoms with Crippen LogP contribution in [0.2, 0.25) is 0 Å². The molecule has 0 unspecified atom stereocenters. The minimum Gasteiger partial charge on any atom is -0.506 e. The first kappa shape index (κ1) is 21.6. The number of carbonyl (C=O) groups is 2. The second-order valence-electron chi connectivity index (χ2n) is 6.27. The minimum atomic E-state index is -0.753. The van der Waals surface area contributed by atoms with E-state index in [1.165, 1.54) is 11.3 Å². The summed E-state index contributed by atoms with van der Waals surface area (Å²) in [5, 5.41) is 21.0. The Morgan fingerprint density at radius 2 is 2.07 bits per heavy atom. The molecule has 29 heavy (non-hydrogen) atoms. The first-order valence-electron chi connectivity index (χ1n) is 8.32. The molecule has 5 N–H and O–H groups in total. The molecule has 0 saturated heterocycles. The van der Waals surface area contributed by atoms with Gasteiger partial charge in [0, 0.05) is 11.8 Å². The number of thioether (sulfide) groups is 2. The van der Waals surface area contributed by atoms with Crippen LogP contribution in [0.15, 0.2) is 19.4 Å². The standard InChI is InChI=1S/C16H17N5O4S4/c1-6(2)4-27-16-21-20-15(29-16)19-9(24)5-26-14-10(13(17)25)11-12(28-14)7(22)3-8(23)18-11/h3,6H,4-5H2,1-2H3,(H2,17,25)(H2,18,22,23)(H,19,20,24). The average molecular weight is 472 g/mol. The zero-order chi connectivity index (χ0) is 21.1. The summed E-state index contributed by atoms with van der Waals surface area (Å²) in [5.74, 6) is 0.108. The Balaban J connectivity index is 1.70. The molecule has 2 amide bonds. The summed E-state index contributed by atoms with van der Waals surface area (Å²) >= 11 is 5.05. The SMILES string of the molecule is CC(C)CSc1nnc(NC(=O)CSc2sc3c(O)cc(=O)[nH]c3c2C(N)=O)s1. The largest absolute Gasteiger partial charge is 0.506 e. The zero-order valence-corrected chi connectivity index (χ0v) is 18.6. The molecule has 0 aliphatic rings. The van der Waals surface area contributed by atoms with Crippen molar-refractivity contribution < 1.29 is 14.7 Å². The quantitative estimate of drug-likeness (QED) is 0.289. The monoisotopic (exact) mass is 471 g/mol. The third-order valence-corrected chi connectivity index (χ3v) is 8.28. The minimum absolute atomic E-state index is 0.00779. The highest BCUT2D eigenvalue weighted by Crippen LogP contribution is 2.40. The van der Waals surface area contributed by atoms with E-state index >= 15 is 0 Å². The van der Waals surface area contributed by atoms with Gasteiger partial charge in [-0.25, -0.2) is 0 Å². The van der Waals surface area contributed by atoms with Crippen molar-refractivity contribution in [3.05, 3.63) is 22.0 Å². The Labute approximate surface area is 181 Å². The number of H-pyrrole nitrogens is 1. The zero-order valence-electron chi connectivity index (χ0n) is 15.3. The van der Waals surface area contributed by atoms with Crippen LogP contribution >= 0.6 is 46.2 Å². The lowest BCUT2D eigenvalue weighted by Gasteiger charge is -2.02. The fraction of sp³-hybridized carbons (Fsp3) is 0.312. The lowest BCUT2D eigenvalue weighted by molar-refractivity contribution is -0.113. The lowest BCUT2D eigenvalue weighted by atomic mass is 10.2. The molecule has 3 aromatic heterocycles. The second kappa shape index (κ2) is 9.15. The summed E-state index contributed by atoms with van der Waals surface area (Å²) in [6, 6.07) is 1.02. The Morgan fingerprint density at radius 1 is 1.31 bits per heavy atom. The van der Waals surface area contributed by atoms with E-state index in [1.54, 1.807) is 11.8 Å². The van der Waals surface area contributed by atoms with E-state index in [0.29, 0.717) is 20.0 Å². The van der Waals surface area contributed by atoms with Crippen molar-refractivity contribution in [3.63, 3.8) is 0 Å². The van der Waals surface area contributed by atoms with E-state index in [2.05, 4.69) is 34.3 Å². The number of amides is 2. The first-order chi connectivity index (χ1) is 13.7. The van der Waals surface area contributed by atoms with Gasteiger partial charge in [-0.3, -0.25) is 19.7 Å². The van der Waals surface area contributed by atoms with Gasteiger partial charge in [0.1, 0.15) is 5.75 Å². The summed E-state index contributed by atoms with van der Waals surface area (Å²) < 4.78 is 1.55. The molecule has 9 nitrogen and oxygen atoms in total. The van der Waals surface area contributed by atoms with E-state index in [0.717, 1.165) is 39.3 Å². The summed E-state index contributed by atoms with van der Waals surface area (Å²) in [5.41, 5.74) is 5.14. The lowest BCUT2D eigenvalue weighted by Crippen LogP contribution is -2.15. The number of aromatic hydroxyl groups is 1. The number of aromatic nitrogens is 3. The van der Waals surface area contributed by atoms with Gasteiger partial charge in [-0.2, -0.15) is 0 Å². The van der Waals surface area contributed by atoms with E-state index in [9.17, 15) is 19.5 Å². The smallest absolute Gasteiger partial charge is 0.252 e. The second-order valence-corrected chi connectivity index (χ2v) is 10.8. The molecule has 0 fully saturated rings. The van der Waals surface area contributed by atoms with Crippen molar-refractivity contribution >= 4 is 73.4 Å². The van der Waals surface area contributed by atoms with Gasteiger partial charge in [0.05, 0.1) is 25.7 Å². The third-order valence-electron chi connectivity index (χ3n) is 3.40. The Hall–Kier alpha value is -2.09. The normalized spacial score (nSPS) is 11.3. The Kier molecular flexibility index (Phi) is 6.82. The molecule has 0 bridgehead atoms. The molecule has 0 aliphatic heterocycles. The molecule has 13 heteroatoms. The predicted molar refractivity (Wildman–Crippen MR) is 117 cm³/mol. The van der Waals surface area contributed by atoms with Crippen LogP contribution < -0.4 is 16.6 Å². The number of hydrogen-bond donors (Lipinski definition) is 4. The number of thiophene rings is 1. The third kappa shape index (κ3) is 5.29. The Bertz CT molecular complexity index is 1120. The van der Waals surface area contributed by atoms with E-state index < -0.39 is 11.5 Å². The number of nitrogens with zero attached hydrogens (tertiary/aromatic N) is 2. The molecule has 0 aliphatic carbocycles. The van der Waals surface area contributed by atoms with Crippen molar-refractivity contribution in [2.45, 2.75) is 22.4 Å². The molecule has 3 heterocycles. The molecule has 0 aromatic carbocycles. The summed E-state index contributed by atoms with van der Waals surface area (Å²) in [6.45, 7) is 4.22. The number of carbonyl (C=O) groups excluding carboxylic acids is 2. The van der Waals surface area contributed by atoms with Gasteiger partial charge in [0.15, 0.2) is 4.34 Å². The number of primary amides is 1. The van der Waals surface area contributed by atoms with Crippen molar-refractivity contribution in [2.24, 2.45) is 11.7 Å². The first-order valence-corrected chi connectivity index (χ1v) is 11.9. The van der Waals surface area contributed by atoms with E-state index in [1.807, 2.05) is 0 Å². The molecule has 3 aromatic rings. The van der Waals surface area contributed by atoms with Gasteiger partial charge in [0.2, 0.25) is 11.0 Å². The fourth-order valence-electron chi connectivity index (χ4n) is 2.23. The number of pyridine rings is 1. The highest BCUT2D eigenvalue weighted by Gasteiger charge is 2.21. The van der Waals surface area contributed by atoms with Crippen molar-refractivity contribution in [3.8, 4) is 5.75 Å². The molecule has 0 atom stereocenters. The van der Waals surface area contributed by atoms with Crippen LogP contribution in [0.3, 0.4) is 0 Å². The molecular formula is C16H17N5O4S4. The number of aromatic amines is 1. The maximum Gasteiger partial charge on any atom is 0.252 e. The molecule has 154 valence electrons. The number of fused-ring (bicyclic) bond motifs is 1. The van der Waals surface area contributed by atoms with Crippen LogP contribution in [0.1, 0.15) is 24.2 Å². The highest BCUT2D eigenvalue weighted by molar-refractivity contribution is 8.02. The van der Waals surface area contributed by atoms with Crippen LogP contribution in [-0.4, -0.2) is 43.6 Å².